The molecule has 0 N–H and O–H groups in total. The molecule has 3 aromatic rings. The van der Waals surface area contributed by atoms with Crippen molar-refractivity contribution in [3.63, 3.8) is 0 Å². The van der Waals surface area contributed by atoms with Crippen LogP contribution in [0.15, 0.2) is 22.1 Å². The van der Waals surface area contributed by atoms with Gasteiger partial charge in [0.15, 0.2) is 16.7 Å². The van der Waals surface area contributed by atoms with Crippen LogP contribution in [0, 0.1) is 13.8 Å². The third-order valence-electron chi connectivity index (χ3n) is 4.80. The molecule has 0 spiro atoms. The molecule has 154 valence electrons. The van der Waals surface area contributed by atoms with Crippen LogP contribution in [0.4, 0.5) is 0 Å². The maximum atomic E-state index is 13.1. The van der Waals surface area contributed by atoms with E-state index in [1.807, 2.05) is 26.0 Å². The fourth-order valence-electron chi connectivity index (χ4n) is 3.19. The smallest absolute Gasteiger partial charge is 0.263 e. The molecule has 0 fully saturated rings. The Bertz CT molecular complexity index is 1130. The van der Waals surface area contributed by atoms with Gasteiger partial charge in [0.25, 0.3) is 5.56 Å². The molecule has 4 rings (SSSR count). The largest absolute Gasteiger partial charge is 0.486 e. The average Bonchev–Trinajstić information content (AvgIpc) is 2.99. The summed E-state index contributed by atoms with van der Waals surface area (Å²) in [6.45, 7) is 5.89. The molecule has 3 heterocycles. The van der Waals surface area contributed by atoms with Crippen molar-refractivity contribution in [3.05, 3.63) is 43.5 Å². The number of ether oxygens (including phenoxy) is 3. The van der Waals surface area contributed by atoms with Gasteiger partial charge in [0, 0.05) is 17.7 Å². The molecule has 1 aliphatic rings. The minimum Gasteiger partial charge on any atom is -0.486 e. The third kappa shape index (κ3) is 3.99. The molecule has 29 heavy (non-hydrogen) atoms. The number of thiophene rings is 1. The second-order valence-corrected chi connectivity index (χ2v) is 9.25. The molecule has 0 radical (unpaired) electrons. The van der Waals surface area contributed by atoms with Gasteiger partial charge in [-0.15, -0.1) is 11.3 Å². The summed E-state index contributed by atoms with van der Waals surface area (Å²) in [5, 5.41) is 1.91. The van der Waals surface area contributed by atoms with Crippen LogP contribution in [0.1, 0.15) is 16.0 Å². The summed E-state index contributed by atoms with van der Waals surface area (Å²) in [6.07, 6.45) is 0. The number of methoxy groups -OCH3 is 1. The van der Waals surface area contributed by atoms with Crippen molar-refractivity contribution in [2.45, 2.75) is 31.3 Å². The first-order valence-corrected chi connectivity index (χ1v) is 11.4. The molecule has 1 aliphatic heterocycles. The van der Waals surface area contributed by atoms with E-state index >= 15 is 0 Å². The number of fused-ring (bicyclic) bond motifs is 2. The van der Waals surface area contributed by atoms with Gasteiger partial charge >= 0.3 is 0 Å². The van der Waals surface area contributed by atoms with Crippen LogP contribution in [0.25, 0.3) is 10.2 Å². The van der Waals surface area contributed by atoms with E-state index in [2.05, 4.69) is 0 Å². The van der Waals surface area contributed by atoms with E-state index in [0.29, 0.717) is 59.2 Å². The van der Waals surface area contributed by atoms with E-state index in [4.69, 9.17) is 30.8 Å². The van der Waals surface area contributed by atoms with Gasteiger partial charge in [0.2, 0.25) is 0 Å². The van der Waals surface area contributed by atoms with Crippen LogP contribution in [-0.2, 0) is 17.0 Å². The molecule has 0 aliphatic carbocycles. The summed E-state index contributed by atoms with van der Waals surface area (Å²) in [5.74, 6) is 1.85. The first-order valence-electron chi connectivity index (χ1n) is 9.20. The number of hydrogen-bond acceptors (Lipinski definition) is 7. The number of hydrogen-bond donors (Lipinski definition) is 0. The van der Waals surface area contributed by atoms with E-state index in [-0.39, 0.29) is 5.56 Å². The minimum atomic E-state index is -0.0170. The summed E-state index contributed by atoms with van der Waals surface area (Å²) in [4.78, 5) is 19.8. The number of benzene rings is 1. The number of thioether (sulfide) groups is 1. The molecule has 1 aromatic carbocycles. The Morgan fingerprint density at radius 3 is 2.90 bits per heavy atom. The molecule has 2 aromatic heterocycles. The van der Waals surface area contributed by atoms with Gasteiger partial charge in [-0.2, -0.15) is 0 Å². The van der Waals surface area contributed by atoms with Gasteiger partial charge in [-0.05, 0) is 37.1 Å². The number of rotatable bonds is 6. The first kappa shape index (κ1) is 20.5. The number of halogens is 1. The maximum Gasteiger partial charge on any atom is 0.263 e. The highest BCUT2D eigenvalue weighted by atomic mass is 35.5. The normalized spacial score (nSPS) is 13.2. The predicted molar refractivity (Wildman–Crippen MR) is 117 cm³/mol. The number of aryl methyl sites for hydroxylation is 2. The molecular formula is C20H21ClN2O4S2. The van der Waals surface area contributed by atoms with Crippen molar-refractivity contribution in [2.75, 3.05) is 26.9 Å². The zero-order chi connectivity index (χ0) is 20.5. The van der Waals surface area contributed by atoms with E-state index in [1.54, 1.807) is 23.0 Å². The Balaban J connectivity index is 1.68. The third-order valence-corrected chi connectivity index (χ3v) is 7.23. The first-order chi connectivity index (χ1) is 14.0. The fraction of sp³-hybridized carbons (Fsp3) is 0.400. The van der Waals surface area contributed by atoms with Gasteiger partial charge in [-0.3, -0.25) is 9.36 Å². The molecule has 0 saturated heterocycles. The quantitative estimate of drug-likeness (QED) is 0.407. The number of nitrogens with zero attached hydrogens (tertiary/aromatic N) is 2. The van der Waals surface area contributed by atoms with Gasteiger partial charge in [0.1, 0.15) is 18.0 Å². The van der Waals surface area contributed by atoms with Crippen LogP contribution < -0.4 is 15.0 Å². The molecule has 9 heteroatoms. The standard InChI is InChI=1S/C20H21ClN2O4S2/c1-11-12(2)29-18-16(11)19(24)23(4-5-25-3)20(22-18)28-10-13-8-14(21)17-15(9-13)26-6-7-27-17/h8-9H,4-7,10H2,1-3H3. The molecule has 0 atom stereocenters. The zero-order valence-electron chi connectivity index (χ0n) is 16.4. The SMILES string of the molecule is COCCn1c(SCc2cc(Cl)c3c(c2)OCCO3)nc2sc(C)c(C)c2c1=O. The fourth-order valence-corrected chi connectivity index (χ4v) is 5.51. The van der Waals surface area contributed by atoms with Crippen LogP contribution in [0.5, 0.6) is 11.5 Å². The van der Waals surface area contributed by atoms with Gasteiger partial charge in [-0.1, -0.05) is 23.4 Å². The maximum absolute atomic E-state index is 13.1. The molecular weight excluding hydrogens is 432 g/mol. The predicted octanol–water partition coefficient (Wildman–Crippen LogP) is 4.44. The second kappa shape index (κ2) is 8.55. The van der Waals surface area contributed by atoms with Crippen molar-refractivity contribution in [1.82, 2.24) is 9.55 Å². The van der Waals surface area contributed by atoms with E-state index in [0.717, 1.165) is 20.8 Å². The summed E-state index contributed by atoms with van der Waals surface area (Å²) < 4.78 is 18.1. The Morgan fingerprint density at radius 1 is 1.31 bits per heavy atom. The van der Waals surface area contributed by atoms with E-state index in [9.17, 15) is 4.79 Å². The lowest BCUT2D eigenvalue weighted by atomic mass is 10.2. The Kier molecular flexibility index (Phi) is 6.06. The lowest BCUT2D eigenvalue weighted by Crippen LogP contribution is -2.25. The number of aromatic nitrogens is 2. The highest BCUT2D eigenvalue weighted by molar-refractivity contribution is 7.98. The molecule has 0 unspecified atom stereocenters. The Labute approximate surface area is 181 Å². The topological polar surface area (TPSA) is 62.6 Å². The van der Waals surface area contributed by atoms with Crippen LogP contribution in [-0.4, -0.2) is 36.5 Å². The molecule has 0 saturated carbocycles. The van der Waals surface area contributed by atoms with E-state index < -0.39 is 0 Å². The molecule has 0 amide bonds. The minimum absolute atomic E-state index is 0.0170. The van der Waals surface area contributed by atoms with Gasteiger partial charge in [0.05, 0.1) is 23.6 Å². The lowest BCUT2D eigenvalue weighted by Gasteiger charge is -2.20. The van der Waals surface area contributed by atoms with Crippen molar-refractivity contribution in [3.8, 4) is 11.5 Å². The van der Waals surface area contributed by atoms with Crippen molar-refractivity contribution < 1.29 is 14.2 Å². The van der Waals surface area contributed by atoms with Gasteiger partial charge in [-0.25, -0.2) is 4.98 Å². The lowest BCUT2D eigenvalue weighted by molar-refractivity contribution is 0.171. The Morgan fingerprint density at radius 2 is 2.10 bits per heavy atom. The summed E-state index contributed by atoms with van der Waals surface area (Å²) >= 11 is 9.41. The molecule has 6 nitrogen and oxygen atoms in total. The highest BCUT2D eigenvalue weighted by Gasteiger charge is 2.19. The second-order valence-electron chi connectivity index (χ2n) is 6.70. The van der Waals surface area contributed by atoms with Gasteiger partial charge < -0.3 is 14.2 Å². The van der Waals surface area contributed by atoms with E-state index in [1.165, 1.54) is 11.8 Å². The molecule has 0 bridgehead atoms. The average molecular weight is 453 g/mol. The zero-order valence-corrected chi connectivity index (χ0v) is 18.8. The highest BCUT2D eigenvalue weighted by Crippen LogP contribution is 2.39. The van der Waals surface area contributed by atoms with Crippen LogP contribution in [0.2, 0.25) is 5.02 Å². The Hall–Kier alpha value is -1.74. The monoisotopic (exact) mass is 452 g/mol. The summed E-state index contributed by atoms with van der Waals surface area (Å²) in [5.41, 5.74) is 1.97. The van der Waals surface area contributed by atoms with Crippen LogP contribution >= 0.6 is 34.7 Å². The summed E-state index contributed by atoms with van der Waals surface area (Å²) in [7, 11) is 1.63. The summed E-state index contributed by atoms with van der Waals surface area (Å²) in [6, 6.07) is 3.81. The van der Waals surface area contributed by atoms with Crippen molar-refractivity contribution >= 4 is 44.9 Å². The van der Waals surface area contributed by atoms with Crippen molar-refractivity contribution in [2.24, 2.45) is 0 Å². The van der Waals surface area contributed by atoms with Crippen LogP contribution in [0.3, 0.4) is 0 Å². The van der Waals surface area contributed by atoms with Crippen molar-refractivity contribution in [1.29, 1.82) is 0 Å².